The summed E-state index contributed by atoms with van der Waals surface area (Å²) in [5.74, 6) is 1.31. The fourth-order valence-electron chi connectivity index (χ4n) is 3.58. The molecule has 0 N–H and O–H groups in total. The van der Waals surface area contributed by atoms with Crippen LogP contribution in [0.1, 0.15) is 44.9 Å². The van der Waals surface area contributed by atoms with Gasteiger partial charge in [0.15, 0.2) is 0 Å². The van der Waals surface area contributed by atoms with Crippen molar-refractivity contribution >= 4 is 11.9 Å². The lowest BCUT2D eigenvalue weighted by Crippen LogP contribution is -2.37. The molecule has 1 aliphatic carbocycles. The summed E-state index contributed by atoms with van der Waals surface area (Å²) < 4.78 is 5.17. The highest BCUT2D eigenvalue weighted by Crippen LogP contribution is 2.50. The van der Waals surface area contributed by atoms with Crippen molar-refractivity contribution in [3.05, 3.63) is 5.89 Å². The molecule has 1 aromatic rings. The maximum atomic E-state index is 12.4. The van der Waals surface area contributed by atoms with Crippen molar-refractivity contribution in [2.75, 3.05) is 25.5 Å². The summed E-state index contributed by atoms with van der Waals surface area (Å²) in [6.45, 7) is 3.11. The lowest BCUT2D eigenvalue weighted by Gasteiger charge is -2.37. The van der Waals surface area contributed by atoms with E-state index in [1.54, 1.807) is 4.90 Å². The average molecular weight is 292 g/mol. The molecule has 2 fully saturated rings. The highest BCUT2D eigenvalue weighted by atomic mass is 16.5. The van der Waals surface area contributed by atoms with E-state index in [4.69, 9.17) is 4.52 Å². The number of carbonyl (C=O) groups is 1. The Bertz CT molecular complexity index is 521. The third-order valence-corrected chi connectivity index (χ3v) is 4.91. The van der Waals surface area contributed by atoms with Crippen LogP contribution in [0.5, 0.6) is 0 Å². The third kappa shape index (κ3) is 2.76. The molecule has 0 bridgehead atoms. The second kappa shape index (κ2) is 5.31. The summed E-state index contributed by atoms with van der Waals surface area (Å²) in [5, 5.41) is 3.87. The van der Waals surface area contributed by atoms with E-state index in [0.717, 1.165) is 6.54 Å². The van der Waals surface area contributed by atoms with E-state index in [-0.39, 0.29) is 5.91 Å². The molecule has 1 saturated carbocycles. The summed E-state index contributed by atoms with van der Waals surface area (Å²) in [6.07, 6.45) is 6.05. The Morgan fingerprint density at radius 1 is 1.48 bits per heavy atom. The minimum Gasteiger partial charge on any atom is -0.344 e. The van der Waals surface area contributed by atoms with Gasteiger partial charge in [0.2, 0.25) is 11.8 Å². The number of likely N-dealkylation sites (tertiary alicyclic amines) is 1. The molecule has 0 aromatic carbocycles. The van der Waals surface area contributed by atoms with Gasteiger partial charge in [-0.3, -0.25) is 4.79 Å². The summed E-state index contributed by atoms with van der Waals surface area (Å²) in [6, 6.07) is 0.373. The molecule has 0 radical (unpaired) electrons. The van der Waals surface area contributed by atoms with Crippen LogP contribution in [0, 0.1) is 5.41 Å². The molecule has 2 aliphatic rings. The number of anilines is 1. The van der Waals surface area contributed by atoms with Crippen molar-refractivity contribution in [1.29, 1.82) is 0 Å². The normalized spacial score (nSPS) is 23.4. The fraction of sp³-hybridized carbons (Fsp3) is 0.800. The van der Waals surface area contributed by atoms with Crippen molar-refractivity contribution in [2.45, 2.75) is 51.5 Å². The van der Waals surface area contributed by atoms with Crippen LogP contribution in [0.3, 0.4) is 0 Å². The quantitative estimate of drug-likeness (QED) is 0.847. The highest BCUT2D eigenvalue weighted by molar-refractivity contribution is 5.77. The minimum atomic E-state index is 0.218. The number of rotatable bonds is 4. The van der Waals surface area contributed by atoms with Gasteiger partial charge in [-0.25, -0.2) is 0 Å². The molecule has 3 rings (SSSR count). The fourth-order valence-corrected chi connectivity index (χ4v) is 3.58. The third-order valence-electron chi connectivity index (χ3n) is 4.91. The molecular weight excluding hydrogens is 268 g/mol. The molecule has 1 unspecified atom stereocenters. The first-order valence-electron chi connectivity index (χ1n) is 7.78. The van der Waals surface area contributed by atoms with Crippen molar-refractivity contribution < 1.29 is 9.32 Å². The van der Waals surface area contributed by atoms with Gasteiger partial charge in [-0.15, -0.1) is 0 Å². The first-order chi connectivity index (χ1) is 9.99. The first-order valence-corrected chi connectivity index (χ1v) is 7.78. The lowest BCUT2D eigenvalue weighted by atomic mass is 9.68. The molecule has 6 nitrogen and oxygen atoms in total. The van der Waals surface area contributed by atoms with Crippen molar-refractivity contribution in [2.24, 2.45) is 5.41 Å². The van der Waals surface area contributed by atoms with Gasteiger partial charge in [-0.05, 0) is 36.8 Å². The molecule has 1 saturated heterocycles. The monoisotopic (exact) mass is 292 g/mol. The molecule has 116 valence electrons. The molecular formula is C15H24N4O2. The van der Waals surface area contributed by atoms with Gasteiger partial charge in [0, 0.05) is 39.5 Å². The molecule has 1 spiro atoms. The first kappa shape index (κ1) is 14.4. The Hall–Kier alpha value is -1.59. The number of aromatic nitrogens is 2. The van der Waals surface area contributed by atoms with Gasteiger partial charge in [-0.1, -0.05) is 6.42 Å². The Morgan fingerprint density at radius 3 is 2.76 bits per heavy atom. The summed E-state index contributed by atoms with van der Waals surface area (Å²) >= 11 is 0. The zero-order valence-electron chi connectivity index (χ0n) is 13.1. The summed E-state index contributed by atoms with van der Waals surface area (Å²) in [7, 11) is 3.73. The molecule has 21 heavy (non-hydrogen) atoms. The second-order valence-electron chi connectivity index (χ2n) is 6.81. The summed E-state index contributed by atoms with van der Waals surface area (Å²) in [5.41, 5.74) is 0.442. The largest absolute Gasteiger partial charge is 0.344 e. The standard InChI is InChI=1S/C15H24N4O2/c1-11-9-15(7-4-8-15)10-19(11)13(20)6-5-12-16-14(17-21-12)18(2)3/h11H,4-10H2,1-3H3. The van der Waals surface area contributed by atoms with Gasteiger partial charge in [-0.2, -0.15) is 4.98 Å². The number of nitrogens with zero attached hydrogens (tertiary/aromatic N) is 4. The molecule has 6 heteroatoms. The number of amides is 1. The van der Waals surface area contributed by atoms with Gasteiger partial charge in [0.25, 0.3) is 5.95 Å². The zero-order chi connectivity index (χ0) is 15.0. The van der Waals surface area contributed by atoms with Crippen LogP contribution in [0.15, 0.2) is 4.52 Å². The van der Waals surface area contributed by atoms with E-state index in [0.29, 0.717) is 36.1 Å². The Kier molecular flexibility index (Phi) is 3.63. The van der Waals surface area contributed by atoms with E-state index >= 15 is 0 Å². The van der Waals surface area contributed by atoms with E-state index in [9.17, 15) is 4.79 Å². The van der Waals surface area contributed by atoms with Crippen molar-refractivity contribution in [3.8, 4) is 0 Å². The van der Waals surface area contributed by atoms with Crippen LogP contribution in [0.2, 0.25) is 0 Å². The van der Waals surface area contributed by atoms with E-state index < -0.39 is 0 Å². The smallest absolute Gasteiger partial charge is 0.265 e. The molecule has 2 heterocycles. The average Bonchev–Trinajstić information content (AvgIpc) is 2.99. The molecule has 1 atom stereocenters. The number of hydrogen-bond acceptors (Lipinski definition) is 5. The number of hydrogen-bond donors (Lipinski definition) is 0. The maximum absolute atomic E-state index is 12.4. The second-order valence-corrected chi connectivity index (χ2v) is 6.81. The lowest BCUT2D eigenvalue weighted by molar-refractivity contribution is -0.132. The Balaban J connectivity index is 1.54. The van der Waals surface area contributed by atoms with Crippen molar-refractivity contribution in [1.82, 2.24) is 15.0 Å². The predicted molar refractivity (Wildman–Crippen MR) is 79.0 cm³/mol. The van der Waals surface area contributed by atoms with Gasteiger partial charge in [0.05, 0.1) is 0 Å². The SMILES string of the molecule is CC1CC2(CCC2)CN1C(=O)CCc1nc(N(C)C)no1. The minimum absolute atomic E-state index is 0.218. The predicted octanol–water partition coefficient (Wildman–Crippen LogP) is 1.86. The van der Waals surface area contributed by atoms with Crippen LogP contribution in [-0.4, -0.2) is 47.6 Å². The van der Waals surface area contributed by atoms with Crippen LogP contribution >= 0.6 is 0 Å². The van der Waals surface area contributed by atoms with Gasteiger partial charge >= 0.3 is 0 Å². The van der Waals surface area contributed by atoms with E-state index in [2.05, 4.69) is 22.0 Å². The van der Waals surface area contributed by atoms with Gasteiger partial charge in [0.1, 0.15) is 0 Å². The van der Waals surface area contributed by atoms with Crippen LogP contribution in [-0.2, 0) is 11.2 Å². The Morgan fingerprint density at radius 2 is 2.24 bits per heavy atom. The van der Waals surface area contributed by atoms with Crippen LogP contribution in [0.4, 0.5) is 5.95 Å². The molecule has 1 aliphatic heterocycles. The molecule has 1 aromatic heterocycles. The van der Waals surface area contributed by atoms with E-state index in [1.807, 2.05) is 14.1 Å². The van der Waals surface area contributed by atoms with Crippen molar-refractivity contribution in [3.63, 3.8) is 0 Å². The highest BCUT2D eigenvalue weighted by Gasteiger charge is 2.47. The van der Waals surface area contributed by atoms with Gasteiger partial charge < -0.3 is 14.3 Å². The number of aryl methyl sites for hydroxylation is 1. The number of carbonyl (C=O) groups excluding carboxylic acids is 1. The maximum Gasteiger partial charge on any atom is 0.265 e. The van der Waals surface area contributed by atoms with Crippen LogP contribution in [0.25, 0.3) is 0 Å². The molecule has 1 amide bonds. The topological polar surface area (TPSA) is 62.5 Å². The van der Waals surface area contributed by atoms with E-state index in [1.165, 1.54) is 25.7 Å². The van der Waals surface area contributed by atoms with Crippen LogP contribution < -0.4 is 4.90 Å². The Labute approximate surface area is 125 Å². The summed E-state index contributed by atoms with van der Waals surface area (Å²) in [4.78, 5) is 20.5. The zero-order valence-corrected chi connectivity index (χ0v) is 13.1.